The van der Waals surface area contributed by atoms with Gasteiger partial charge < -0.3 is 5.32 Å². The number of halogens is 1. The lowest BCUT2D eigenvalue weighted by molar-refractivity contribution is 0.393. The molecule has 0 amide bonds. The Morgan fingerprint density at radius 3 is 3.05 bits per heavy atom. The van der Waals surface area contributed by atoms with Gasteiger partial charge in [-0.15, -0.1) is 22.7 Å². The zero-order valence-electron chi connectivity index (χ0n) is 12.4. The molecule has 0 bridgehead atoms. The molecule has 114 valence electrons. The molecular formula is C17H22BrNS2. The molecule has 2 aromatic rings. The zero-order valence-corrected chi connectivity index (χ0v) is 15.6. The number of hydrogen-bond donors (Lipinski definition) is 1. The summed E-state index contributed by atoms with van der Waals surface area (Å²) in [6, 6.07) is 7.39. The van der Waals surface area contributed by atoms with Gasteiger partial charge in [0.1, 0.15) is 0 Å². The summed E-state index contributed by atoms with van der Waals surface area (Å²) in [5.74, 6) is 0.687. The molecule has 2 heterocycles. The molecule has 1 aliphatic rings. The monoisotopic (exact) mass is 383 g/mol. The van der Waals surface area contributed by atoms with Crippen LogP contribution in [0.3, 0.4) is 0 Å². The predicted octanol–water partition coefficient (Wildman–Crippen LogP) is 5.60. The van der Waals surface area contributed by atoms with E-state index in [1.165, 1.54) is 34.3 Å². The van der Waals surface area contributed by atoms with Crippen LogP contribution in [-0.4, -0.2) is 12.6 Å². The molecule has 2 unspecified atom stereocenters. The van der Waals surface area contributed by atoms with Gasteiger partial charge in [-0.25, -0.2) is 0 Å². The van der Waals surface area contributed by atoms with Gasteiger partial charge in [0.2, 0.25) is 0 Å². The SMILES string of the molecule is CCCNC(Cc1ccc(Br)s1)C1CCCc2sccc21. The normalized spacial score (nSPS) is 19.4. The smallest absolute Gasteiger partial charge is 0.0701 e. The zero-order chi connectivity index (χ0) is 14.7. The molecule has 0 radical (unpaired) electrons. The summed E-state index contributed by atoms with van der Waals surface area (Å²) >= 11 is 7.41. The molecule has 0 aromatic carbocycles. The van der Waals surface area contributed by atoms with E-state index in [0.717, 1.165) is 13.0 Å². The molecule has 0 spiro atoms. The van der Waals surface area contributed by atoms with E-state index in [-0.39, 0.29) is 0 Å². The van der Waals surface area contributed by atoms with Gasteiger partial charge in [0.15, 0.2) is 0 Å². The summed E-state index contributed by atoms with van der Waals surface area (Å²) in [6.45, 7) is 3.37. The highest BCUT2D eigenvalue weighted by molar-refractivity contribution is 9.11. The largest absolute Gasteiger partial charge is 0.313 e. The highest BCUT2D eigenvalue weighted by Gasteiger charge is 2.28. The summed E-state index contributed by atoms with van der Waals surface area (Å²) in [5, 5.41) is 6.10. The molecule has 2 atom stereocenters. The minimum atomic E-state index is 0.573. The molecule has 0 aliphatic heterocycles. The van der Waals surface area contributed by atoms with Gasteiger partial charge in [-0.3, -0.25) is 0 Å². The fraction of sp³-hybridized carbons (Fsp3) is 0.529. The minimum Gasteiger partial charge on any atom is -0.313 e. The van der Waals surface area contributed by atoms with E-state index in [4.69, 9.17) is 0 Å². The minimum absolute atomic E-state index is 0.573. The van der Waals surface area contributed by atoms with Crippen molar-refractivity contribution in [3.8, 4) is 0 Å². The van der Waals surface area contributed by atoms with Crippen molar-refractivity contribution in [2.75, 3.05) is 6.54 Å². The van der Waals surface area contributed by atoms with Gasteiger partial charge in [-0.1, -0.05) is 6.92 Å². The lowest BCUT2D eigenvalue weighted by atomic mass is 9.81. The van der Waals surface area contributed by atoms with E-state index in [2.05, 4.69) is 51.7 Å². The Kier molecular flexibility index (Phi) is 5.54. The molecule has 0 fully saturated rings. The Hall–Kier alpha value is -0.160. The number of nitrogens with one attached hydrogen (secondary N) is 1. The van der Waals surface area contributed by atoms with E-state index in [0.29, 0.717) is 12.0 Å². The van der Waals surface area contributed by atoms with Crippen LogP contribution in [0.1, 0.15) is 47.4 Å². The molecule has 21 heavy (non-hydrogen) atoms. The number of aryl methyl sites for hydroxylation is 1. The topological polar surface area (TPSA) is 12.0 Å². The Labute approximate surface area is 143 Å². The first-order valence-electron chi connectivity index (χ1n) is 7.81. The highest BCUT2D eigenvalue weighted by Crippen LogP contribution is 2.38. The third-order valence-electron chi connectivity index (χ3n) is 4.29. The van der Waals surface area contributed by atoms with Crippen molar-refractivity contribution in [2.24, 2.45) is 0 Å². The Balaban J connectivity index is 1.79. The molecule has 3 rings (SSSR count). The third kappa shape index (κ3) is 3.79. The van der Waals surface area contributed by atoms with E-state index < -0.39 is 0 Å². The number of rotatable bonds is 6. The molecule has 2 aromatic heterocycles. The van der Waals surface area contributed by atoms with Crippen molar-refractivity contribution in [2.45, 2.75) is 51.0 Å². The van der Waals surface area contributed by atoms with E-state index in [1.807, 2.05) is 22.7 Å². The van der Waals surface area contributed by atoms with Crippen molar-refractivity contribution in [3.63, 3.8) is 0 Å². The lowest BCUT2D eigenvalue weighted by Crippen LogP contribution is -2.38. The van der Waals surface area contributed by atoms with Crippen molar-refractivity contribution in [3.05, 3.63) is 42.7 Å². The number of fused-ring (bicyclic) bond motifs is 1. The molecule has 1 N–H and O–H groups in total. The molecule has 1 aliphatic carbocycles. The van der Waals surface area contributed by atoms with Crippen LogP contribution in [0.4, 0.5) is 0 Å². The quantitative estimate of drug-likeness (QED) is 0.683. The van der Waals surface area contributed by atoms with Gasteiger partial charge in [0.25, 0.3) is 0 Å². The summed E-state index contributed by atoms with van der Waals surface area (Å²) < 4.78 is 1.24. The van der Waals surface area contributed by atoms with Gasteiger partial charge >= 0.3 is 0 Å². The molecule has 4 heteroatoms. The molecule has 0 saturated carbocycles. The number of thiophene rings is 2. The molecular weight excluding hydrogens is 362 g/mol. The van der Waals surface area contributed by atoms with Crippen LogP contribution in [0.2, 0.25) is 0 Å². The van der Waals surface area contributed by atoms with E-state index in [9.17, 15) is 0 Å². The first kappa shape index (κ1) is 15.7. The van der Waals surface area contributed by atoms with Crippen molar-refractivity contribution < 1.29 is 0 Å². The van der Waals surface area contributed by atoms with Crippen molar-refractivity contribution >= 4 is 38.6 Å². The van der Waals surface area contributed by atoms with E-state index >= 15 is 0 Å². The second-order valence-electron chi connectivity index (χ2n) is 5.77. The van der Waals surface area contributed by atoms with Crippen LogP contribution in [0, 0.1) is 0 Å². The Bertz CT molecular complexity index is 575. The summed E-state index contributed by atoms with van der Waals surface area (Å²) in [7, 11) is 0. The van der Waals surface area contributed by atoms with Crippen LogP contribution < -0.4 is 5.32 Å². The maximum absolute atomic E-state index is 3.82. The van der Waals surface area contributed by atoms with Crippen molar-refractivity contribution in [1.82, 2.24) is 5.32 Å². The average molecular weight is 384 g/mol. The Morgan fingerprint density at radius 2 is 2.29 bits per heavy atom. The van der Waals surface area contributed by atoms with Crippen LogP contribution >= 0.6 is 38.6 Å². The van der Waals surface area contributed by atoms with Gasteiger partial charge in [-0.05, 0) is 83.7 Å². The van der Waals surface area contributed by atoms with Gasteiger partial charge in [0.05, 0.1) is 3.79 Å². The van der Waals surface area contributed by atoms with Crippen LogP contribution in [0.25, 0.3) is 0 Å². The summed E-state index contributed by atoms with van der Waals surface area (Å²) in [6.07, 6.45) is 6.31. The average Bonchev–Trinajstić information content (AvgIpc) is 3.11. The first-order valence-corrected chi connectivity index (χ1v) is 10.3. The fourth-order valence-electron chi connectivity index (χ4n) is 3.30. The van der Waals surface area contributed by atoms with Crippen LogP contribution in [0.5, 0.6) is 0 Å². The lowest BCUT2D eigenvalue weighted by Gasteiger charge is -2.31. The standard InChI is InChI=1S/C17H22BrNS2/c1-2-9-19-15(11-12-6-7-17(18)21-12)13-4-3-5-16-14(13)8-10-20-16/h6-8,10,13,15,19H,2-5,9,11H2,1H3. The summed E-state index contributed by atoms with van der Waals surface area (Å²) in [4.78, 5) is 3.11. The molecule has 0 saturated heterocycles. The van der Waals surface area contributed by atoms with Crippen molar-refractivity contribution in [1.29, 1.82) is 0 Å². The second-order valence-corrected chi connectivity index (χ2v) is 9.32. The molecule has 1 nitrogen and oxygen atoms in total. The van der Waals surface area contributed by atoms with Gasteiger partial charge in [0, 0.05) is 21.7 Å². The predicted molar refractivity (Wildman–Crippen MR) is 97.8 cm³/mol. The maximum Gasteiger partial charge on any atom is 0.0701 e. The Morgan fingerprint density at radius 1 is 1.38 bits per heavy atom. The van der Waals surface area contributed by atoms with Crippen LogP contribution in [-0.2, 0) is 12.8 Å². The number of hydrogen-bond acceptors (Lipinski definition) is 3. The maximum atomic E-state index is 3.82. The van der Waals surface area contributed by atoms with Gasteiger partial charge in [-0.2, -0.15) is 0 Å². The summed E-state index contributed by atoms with van der Waals surface area (Å²) in [5.41, 5.74) is 1.62. The van der Waals surface area contributed by atoms with Crippen LogP contribution in [0.15, 0.2) is 27.4 Å². The first-order chi connectivity index (χ1) is 10.3. The van der Waals surface area contributed by atoms with E-state index in [1.54, 1.807) is 10.4 Å². The highest BCUT2D eigenvalue weighted by atomic mass is 79.9. The second kappa shape index (κ2) is 7.40. The fourth-order valence-corrected chi connectivity index (χ4v) is 5.84. The third-order valence-corrected chi connectivity index (χ3v) is 6.93.